The highest BCUT2D eigenvalue weighted by Crippen LogP contribution is 2.27. The first-order valence-corrected chi connectivity index (χ1v) is 7.17. The first-order valence-electron chi connectivity index (χ1n) is 5.42. The van der Waals surface area contributed by atoms with E-state index in [0.29, 0.717) is 22.4 Å². The zero-order chi connectivity index (χ0) is 13.5. The maximum atomic E-state index is 11.3. The molecule has 0 spiro atoms. The highest BCUT2D eigenvalue weighted by molar-refractivity contribution is 8.13. The van der Waals surface area contributed by atoms with Crippen molar-refractivity contribution in [3.8, 4) is 5.75 Å². The van der Waals surface area contributed by atoms with Crippen LogP contribution in [0.5, 0.6) is 5.75 Å². The quantitative estimate of drug-likeness (QED) is 0.764. The molecule has 0 N–H and O–H groups in total. The van der Waals surface area contributed by atoms with E-state index in [-0.39, 0.29) is 5.24 Å². The second-order valence-electron chi connectivity index (χ2n) is 3.79. The van der Waals surface area contributed by atoms with Gasteiger partial charge in [-0.25, -0.2) is 0 Å². The van der Waals surface area contributed by atoms with Crippen LogP contribution in [0.3, 0.4) is 0 Å². The van der Waals surface area contributed by atoms with Crippen LogP contribution in [-0.2, 0) is 0 Å². The second-order valence-corrected chi connectivity index (χ2v) is 5.68. The number of ether oxygens (including phenoxy) is 1. The van der Waals surface area contributed by atoms with Crippen LogP contribution in [0.15, 0.2) is 18.2 Å². The molecule has 100 valence electrons. The summed E-state index contributed by atoms with van der Waals surface area (Å²) in [5.41, 5.74) is 0. The minimum atomic E-state index is 0.0551. The lowest BCUT2D eigenvalue weighted by Crippen LogP contribution is -2.17. The van der Waals surface area contributed by atoms with Crippen molar-refractivity contribution in [1.29, 1.82) is 0 Å². The molecule has 0 radical (unpaired) electrons. The van der Waals surface area contributed by atoms with Gasteiger partial charge in [0.1, 0.15) is 5.75 Å². The number of rotatable bonds is 5. The van der Waals surface area contributed by atoms with E-state index >= 15 is 0 Å². The summed E-state index contributed by atoms with van der Waals surface area (Å²) in [5, 5.41) is 1.14. The van der Waals surface area contributed by atoms with Crippen LogP contribution in [0.25, 0.3) is 0 Å². The Kier molecular flexibility index (Phi) is 6.68. The summed E-state index contributed by atoms with van der Waals surface area (Å²) in [5.74, 6) is 1.34. The van der Waals surface area contributed by atoms with Gasteiger partial charge in [0.2, 0.25) is 0 Å². The molecule has 1 rings (SSSR count). The summed E-state index contributed by atoms with van der Waals surface area (Å²) in [4.78, 5) is 12.8. The Morgan fingerprint density at radius 1 is 1.39 bits per heavy atom. The van der Waals surface area contributed by atoms with Gasteiger partial charge in [-0.2, -0.15) is 0 Å². The topological polar surface area (TPSA) is 29.5 Å². The Bertz CT molecular complexity index is 413. The normalized spacial score (nSPS) is 10.2. The summed E-state index contributed by atoms with van der Waals surface area (Å²) < 4.78 is 5.51. The number of hydrogen-bond acceptors (Lipinski definition) is 3. The molecular weight excluding hydrogens is 293 g/mol. The van der Waals surface area contributed by atoms with E-state index in [9.17, 15) is 4.79 Å². The summed E-state index contributed by atoms with van der Waals surface area (Å²) in [6, 6.07) is 5.11. The van der Waals surface area contributed by atoms with E-state index in [1.54, 1.807) is 37.2 Å². The molecule has 0 aliphatic rings. The Morgan fingerprint density at radius 2 is 2.11 bits per heavy atom. The SMILES string of the molecule is CN(C)C(=O)SCCCOc1ccc(Cl)cc1Cl. The molecule has 0 bridgehead atoms. The summed E-state index contributed by atoms with van der Waals surface area (Å²) >= 11 is 13.0. The fraction of sp³-hybridized carbons (Fsp3) is 0.417. The standard InChI is InChI=1S/C12H15Cl2NO2S/c1-15(2)12(16)18-7-3-6-17-11-5-4-9(13)8-10(11)14/h4-5,8H,3,6-7H2,1-2H3. The van der Waals surface area contributed by atoms with Crippen LogP contribution < -0.4 is 4.74 Å². The Hall–Kier alpha value is -0.580. The Labute approximate surface area is 121 Å². The van der Waals surface area contributed by atoms with Gasteiger partial charge in [0.15, 0.2) is 0 Å². The van der Waals surface area contributed by atoms with Crippen molar-refractivity contribution in [2.24, 2.45) is 0 Å². The average Bonchev–Trinajstić information content (AvgIpc) is 2.30. The van der Waals surface area contributed by atoms with Crippen molar-refractivity contribution >= 4 is 40.2 Å². The number of carbonyl (C=O) groups is 1. The van der Waals surface area contributed by atoms with Gasteiger partial charge in [0, 0.05) is 24.9 Å². The predicted molar refractivity (Wildman–Crippen MR) is 78.1 cm³/mol. The number of benzene rings is 1. The first kappa shape index (κ1) is 15.5. The minimum Gasteiger partial charge on any atom is -0.492 e. The Morgan fingerprint density at radius 3 is 2.72 bits per heavy atom. The fourth-order valence-electron chi connectivity index (χ4n) is 1.12. The molecule has 0 fully saturated rings. The van der Waals surface area contributed by atoms with Gasteiger partial charge in [0.25, 0.3) is 5.24 Å². The van der Waals surface area contributed by atoms with Gasteiger partial charge in [-0.05, 0) is 24.6 Å². The molecule has 0 heterocycles. The van der Waals surface area contributed by atoms with Crippen LogP contribution in [0, 0.1) is 0 Å². The van der Waals surface area contributed by atoms with Gasteiger partial charge >= 0.3 is 0 Å². The van der Waals surface area contributed by atoms with Gasteiger partial charge in [-0.3, -0.25) is 4.79 Å². The predicted octanol–water partition coefficient (Wildman–Crippen LogP) is 4.18. The third kappa shape index (κ3) is 5.38. The molecule has 6 heteroatoms. The third-order valence-electron chi connectivity index (χ3n) is 2.03. The molecule has 1 aromatic carbocycles. The zero-order valence-corrected chi connectivity index (χ0v) is 12.6. The molecule has 0 aliphatic carbocycles. The molecule has 1 amide bonds. The van der Waals surface area contributed by atoms with Gasteiger partial charge in [0.05, 0.1) is 11.6 Å². The van der Waals surface area contributed by atoms with E-state index < -0.39 is 0 Å². The average molecular weight is 308 g/mol. The van der Waals surface area contributed by atoms with E-state index in [0.717, 1.165) is 12.2 Å². The molecule has 0 saturated carbocycles. The lowest BCUT2D eigenvalue weighted by Gasteiger charge is -2.10. The minimum absolute atomic E-state index is 0.0551. The van der Waals surface area contributed by atoms with Crippen molar-refractivity contribution in [1.82, 2.24) is 4.90 Å². The summed E-state index contributed by atoms with van der Waals surface area (Å²) in [6.45, 7) is 0.523. The van der Waals surface area contributed by atoms with Crippen LogP contribution in [0.4, 0.5) is 4.79 Å². The van der Waals surface area contributed by atoms with Crippen LogP contribution in [-0.4, -0.2) is 36.6 Å². The number of hydrogen-bond donors (Lipinski definition) is 0. The van der Waals surface area contributed by atoms with Crippen LogP contribution >= 0.6 is 35.0 Å². The van der Waals surface area contributed by atoms with Crippen LogP contribution in [0.1, 0.15) is 6.42 Å². The lowest BCUT2D eigenvalue weighted by atomic mass is 10.3. The number of amides is 1. The maximum Gasteiger partial charge on any atom is 0.281 e. The van der Waals surface area contributed by atoms with Crippen molar-refractivity contribution in [2.45, 2.75) is 6.42 Å². The van der Waals surface area contributed by atoms with Gasteiger partial charge in [-0.15, -0.1) is 0 Å². The number of thioether (sulfide) groups is 1. The molecule has 0 unspecified atom stereocenters. The van der Waals surface area contributed by atoms with Crippen molar-refractivity contribution in [2.75, 3.05) is 26.5 Å². The smallest absolute Gasteiger partial charge is 0.281 e. The van der Waals surface area contributed by atoms with Crippen LogP contribution in [0.2, 0.25) is 10.0 Å². The fourth-order valence-corrected chi connectivity index (χ4v) is 2.28. The molecule has 0 aromatic heterocycles. The number of halogens is 2. The lowest BCUT2D eigenvalue weighted by molar-refractivity contribution is 0.241. The largest absolute Gasteiger partial charge is 0.492 e. The molecule has 18 heavy (non-hydrogen) atoms. The van der Waals surface area contributed by atoms with E-state index in [2.05, 4.69) is 0 Å². The summed E-state index contributed by atoms with van der Waals surface area (Å²) in [6.07, 6.45) is 0.781. The molecule has 0 aliphatic heterocycles. The highest BCUT2D eigenvalue weighted by atomic mass is 35.5. The highest BCUT2D eigenvalue weighted by Gasteiger charge is 2.05. The van der Waals surface area contributed by atoms with Gasteiger partial charge < -0.3 is 9.64 Å². The molecule has 0 atom stereocenters. The van der Waals surface area contributed by atoms with Gasteiger partial charge in [-0.1, -0.05) is 35.0 Å². The van der Waals surface area contributed by atoms with Crippen molar-refractivity contribution < 1.29 is 9.53 Å². The van der Waals surface area contributed by atoms with E-state index in [4.69, 9.17) is 27.9 Å². The Balaban J connectivity index is 2.24. The molecule has 0 saturated heterocycles. The first-order chi connectivity index (χ1) is 8.50. The van der Waals surface area contributed by atoms with E-state index in [1.807, 2.05) is 0 Å². The molecule has 3 nitrogen and oxygen atoms in total. The number of nitrogens with zero attached hydrogens (tertiary/aromatic N) is 1. The molecule has 1 aromatic rings. The molecular formula is C12H15Cl2NO2S. The summed E-state index contributed by atoms with van der Waals surface area (Å²) in [7, 11) is 3.47. The van der Waals surface area contributed by atoms with Crippen molar-refractivity contribution in [3.63, 3.8) is 0 Å². The third-order valence-corrected chi connectivity index (χ3v) is 3.67. The maximum absolute atomic E-state index is 11.3. The van der Waals surface area contributed by atoms with E-state index in [1.165, 1.54) is 11.8 Å². The zero-order valence-electron chi connectivity index (χ0n) is 10.3. The number of carbonyl (C=O) groups excluding carboxylic acids is 1. The second kappa shape index (κ2) is 7.77. The monoisotopic (exact) mass is 307 g/mol. The van der Waals surface area contributed by atoms with Crippen molar-refractivity contribution in [3.05, 3.63) is 28.2 Å².